The molecule has 0 aromatic heterocycles. The standard InChI is InChI=1S/C11H12O4/c1-7-4-3-5-9(6-12)10(7)15-8(2)11(13)14/h3-6,8H,1-2H3,(H,13,14)/t8-/m0/s1. The first-order valence-corrected chi connectivity index (χ1v) is 4.50. The number of aldehydes is 1. The Morgan fingerprint density at radius 2 is 2.20 bits per heavy atom. The minimum absolute atomic E-state index is 0.336. The maximum atomic E-state index is 10.7. The second-order valence-electron chi connectivity index (χ2n) is 3.21. The molecule has 0 radical (unpaired) electrons. The molecule has 0 unspecified atom stereocenters. The lowest BCUT2D eigenvalue weighted by Crippen LogP contribution is -2.23. The van der Waals surface area contributed by atoms with Gasteiger partial charge in [-0.05, 0) is 25.5 Å². The van der Waals surface area contributed by atoms with Crippen LogP contribution in [-0.2, 0) is 4.79 Å². The van der Waals surface area contributed by atoms with Gasteiger partial charge in [0.25, 0.3) is 0 Å². The molecule has 0 saturated carbocycles. The SMILES string of the molecule is Cc1cccc(C=O)c1O[C@@H](C)C(=O)O. The second-order valence-corrected chi connectivity index (χ2v) is 3.21. The summed E-state index contributed by atoms with van der Waals surface area (Å²) < 4.78 is 5.20. The van der Waals surface area contributed by atoms with Gasteiger partial charge in [0, 0.05) is 0 Å². The Morgan fingerprint density at radius 3 is 2.73 bits per heavy atom. The molecule has 0 aliphatic carbocycles. The highest BCUT2D eigenvalue weighted by Crippen LogP contribution is 2.22. The number of hydrogen-bond acceptors (Lipinski definition) is 3. The van der Waals surface area contributed by atoms with E-state index in [0.717, 1.165) is 5.56 Å². The van der Waals surface area contributed by atoms with Gasteiger partial charge in [0.05, 0.1) is 5.56 Å². The number of carbonyl (C=O) groups is 2. The maximum absolute atomic E-state index is 10.7. The lowest BCUT2D eigenvalue weighted by molar-refractivity contribution is -0.144. The molecule has 4 nitrogen and oxygen atoms in total. The molecule has 0 amide bonds. The van der Waals surface area contributed by atoms with Crippen LogP contribution in [0.4, 0.5) is 0 Å². The summed E-state index contributed by atoms with van der Waals surface area (Å²) in [5, 5.41) is 8.68. The van der Waals surface area contributed by atoms with E-state index in [1.165, 1.54) is 6.92 Å². The lowest BCUT2D eigenvalue weighted by atomic mass is 10.1. The number of ether oxygens (including phenoxy) is 1. The minimum atomic E-state index is -1.06. The second kappa shape index (κ2) is 4.59. The topological polar surface area (TPSA) is 63.6 Å². The Bertz CT molecular complexity index is 384. The van der Waals surface area contributed by atoms with Gasteiger partial charge in [-0.15, -0.1) is 0 Å². The van der Waals surface area contributed by atoms with Crippen molar-refractivity contribution in [3.63, 3.8) is 0 Å². The number of carboxylic acid groups (broad SMARTS) is 1. The van der Waals surface area contributed by atoms with Gasteiger partial charge in [-0.25, -0.2) is 4.79 Å². The van der Waals surface area contributed by atoms with Gasteiger partial charge in [0.1, 0.15) is 5.75 Å². The fraction of sp³-hybridized carbons (Fsp3) is 0.273. The molecule has 80 valence electrons. The summed E-state index contributed by atoms with van der Waals surface area (Å²) >= 11 is 0. The van der Waals surface area contributed by atoms with Crippen molar-refractivity contribution >= 4 is 12.3 Å². The average molecular weight is 208 g/mol. The zero-order valence-corrected chi connectivity index (χ0v) is 8.56. The van der Waals surface area contributed by atoms with E-state index in [0.29, 0.717) is 17.6 Å². The van der Waals surface area contributed by atoms with Gasteiger partial charge >= 0.3 is 5.97 Å². The smallest absolute Gasteiger partial charge is 0.344 e. The number of carboxylic acids is 1. The summed E-state index contributed by atoms with van der Waals surface area (Å²) in [4.78, 5) is 21.3. The van der Waals surface area contributed by atoms with Crippen molar-refractivity contribution in [2.45, 2.75) is 20.0 Å². The monoisotopic (exact) mass is 208 g/mol. The largest absolute Gasteiger partial charge is 0.479 e. The fourth-order valence-electron chi connectivity index (χ4n) is 1.16. The summed E-state index contributed by atoms with van der Waals surface area (Å²) in [5.41, 5.74) is 1.11. The van der Waals surface area contributed by atoms with Gasteiger partial charge in [-0.1, -0.05) is 12.1 Å². The average Bonchev–Trinajstić information content (AvgIpc) is 2.20. The van der Waals surface area contributed by atoms with Crippen molar-refractivity contribution in [3.05, 3.63) is 29.3 Å². The predicted octanol–water partition coefficient (Wildman–Crippen LogP) is 1.66. The van der Waals surface area contributed by atoms with Crippen LogP contribution in [0.15, 0.2) is 18.2 Å². The van der Waals surface area contributed by atoms with Crippen LogP contribution in [-0.4, -0.2) is 23.5 Å². The van der Waals surface area contributed by atoms with Crippen molar-refractivity contribution < 1.29 is 19.4 Å². The molecule has 1 aromatic carbocycles. The molecule has 0 bridgehead atoms. The quantitative estimate of drug-likeness (QED) is 0.764. The number of carbonyl (C=O) groups excluding carboxylic acids is 1. The molecule has 0 fully saturated rings. The van der Waals surface area contributed by atoms with E-state index in [2.05, 4.69) is 0 Å². The molecular weight excluding hydrogens is 196 g/mol. The molecule has 4 heteroatoms. The number of benzene rings is 1. The fourth-order valence-corrected chi connectivity index (χ4v) is 1.16. The molecule has 1 rings (SSSR count). The number of aliphatic carboxylic acids is 1. The van der Waals surface area contributed by atoms with Crippen LogP contribution in [0, 0.1) is 6.92 Å². The van der Waals surface area contributed by atoms with Gasteiger partial charge in [-0.2, -0.15) is 0 Å². The van der Waals surface area contributed by atoms with Gasteiger partial charge in [-0.3, -0.25) is 4.79 Å². The van der Waals surface area contributed by atoms with Gasteiger partial charge in [0.2, 0.25) is 0 Å². The molecular formula is C11H12O4. The first kappa shape index (κ1) is 11.2. The van der Waals surface area contributed by atoms with E-state index >= 15 is 0 Å². The first-order valence-electron chi connectivity index (χ1n) is 4.50. The Labute approximate surface area is 87.5 Å². The highest BCUT2D eigenvalue weighted by Gasteiger charge is 2.15. The van der Waals surface area contributed by atoms with Crippen LogP contribution >= 0.6 is 0 Å². The zero-order valence-electron chi connectivity index (χ0n) is 8.56. The van der Waals surface area contributed by atoms with E-state index in [1.807, 2.05) is 0 Å². The highest BCUT2D eigenvalue weighted by atomic mass is 16.5. The Balaban J connectivity index is 3.02. The van der Waals surface area contributed by atoms with Crippen LogP contribution in [0.5, 0.6) is 5.75 Å². The normalized spacial score (nSPS) is 11.9. The van der Waals surface area contributed by atoms with Crippen molar-refractivity contribution in [2.75, 3.05) is 0 Å². The first-order chi connectivity index (χ1) is 7.06. The number of aryl methyl sites for hydroxylation is 1. The number of para-hydroxylation sites is 1. The maximum Gasteiger partial charge on any atom is 0.344 e. The van der Waals surface area contributed by atoms with Crippen LogP contribution < -0.4 is 4.74 Å². The van der Waals surface area contributed by atoms with Crippen LogP contribution in [0.1, 0.15) is 22.8 Å². The molecule has 0 aliphatic rings. The van der Waals surface area contributed by atoms with Crippen molar-refractivity contribution in [2.24, 2.45) is 0 Å². The van der Waals surface area contributed by atoms with Crippen molar-refractivity contribution in [1.82, 2.24) is 0 Å². The van der Waals surface area contributed by atoms with Crippen LogP contribution in [0.25, 0.3) is 0 Å². The molecule has 15 heavy (non-hydrogen) atoms. The Morgan fingerprint density at radius 1 is 1.53 bits per heavy atom. The van der Waals surface area contributed by atoms with Crippen LogP contribution in [0.3, 0.4) is 0 Å². The molecule has 0 aliphatic heterocycles. The third kappa shape index (κ3) is 2.56. The van der Waals surface area contributed by atoms with E-state index in [9.17, 15) is 9.59 Å². The molecule has 0 saturated heterocycles. The van der Waals surface area contributed by atoms with Crippen molar-refractivity contribution in [1.29, 1.82) is 0 Å². The predicted molar refractivity (Wildman–Crippen MR) is 54.3 cm³/mol. The Kier molecular flexibility index (Phi) is 3.44. The molecule has 1 atom stereocenters. The van der Waals surface area contributed by atoms with E-state index in [4.69, 9.17) is 9.84 Å². The molecule has 0 heterocycles. The summed E-state index contributed by atoms with van der Waals surface area (Å²) in [7, 11) is 0. The number of rotatable bonds is 4. The third-order valence-corrected chi connectivity index (χ3v) is 2.01. The van der Waals surface area contributed by atoms with Gasteiger partial charge < -0.3 is 9.84 Å². The molecule has 0 spiro atoms. The van der Waals surface area contributed by atoms with E-state index < -0.39 is 12.1 Å². The summed E-state index contributed by atoms with van der Waals surface area (Å²) in [6, 6.07) is 5.07. The lowest BCUT2D eigenvalue weighted by Gasteiger charge is -2.14. The number of hydrogen-bond donors (Lipinski definition) is 1. The Hall–Kier alpha value is -1.84. The van der Waals surface area contributed by atoms with E-state index in [-0.39, 0.29) is 0 Å². The molecule has 1 aromatic rings. The van der Waals surface area contributed by atoms with E-state index in [1.54, 1.807) is 25.1 Å². The molecule has 1 N–H and O–H groups in total. The third-order valence-electron chi connectivity index (χ3n) is 2.01. The minimum Gasteiger partial charge on any atom is -0.479 e. The highest BCUT2D eigenvalue weighted by molar-refractivity contribution is 5.81. The van der Waals surface area contributed by atoms with Crippen LogP contribution in [0.2, 0.25) is 0 Å². The van der Waals surface area contributed by atoms with Gasteiger partial charge in [0.15, 0.2) is 12.4 Å². The summed E-state index contributed by atoms with van der Waals surface area (Å²) in [6.45, 7) is 3.18. The van der Waals surface area contributed by atoms with Crippen molar-refractivity contribution in [3.8, 4) is 5.75 Å². The zero-order chi connectivity index (χ0) is 11.4. The summed E-state index contributed by atoms with van der Waals surface area (Å²) in [6.07, 6.45) is -0.318. The summed E-state index contributed by atoms with van der Waals surface area (Å²) in [5.74, 6) is -0.725.